The van der Waals surface area contributed by atoms with Gasteiger partial charge in [0.25, 0.3) is 5.89 Å². The summed E-state index contributed by atoms with van der Waals surface area (Å²) in [5, 5.41) is 8.05. The van der Waals surface area contributed by atoms with Crippen LogP contribution in [0.15, 0.2) is 39.2 Å². The van der Waals surface area contributed by atoms with E-state index in [1.807, 2.05) is 31.9 Å². The van der Waals surface area contributed by atoms with Gasteiger partial charge in [-0.25, -0.2) is 0 Å². The van der Waals surface area contributed by atoms with E-state index in [9.17, 15) is 13.2 Å². The number of aryl methyl sites for hydroxylation is 2. The summed E-state index contributed by atoms with van der Waals surface area (Å²) in [7, 11) is 1.83. The zero-order chi connectivity index (χ0) is 18.9. The quantitative estimate of drug-likeness (QED) is 0.662. The zero-order valence-corrected chi connectivity index (χ0v) is 14.6. The first-order valence-corrected chi connectivity index (χ1v) is 7.97. The van der Waals surface area contributed by atoms with Crippen molar-refractivity contribution >= 4 is 0 Å². The molecule has 0 aliphatic heterocycles. The number of aromatic nitrogens is 2. The van der Waals surface area contributed by atoms with Crippen LogP contribution in [0, 0.1) is 13.8 Å². The van der Waals surface area contributed by atoms with Crippen molar-refractivity contribution in [2.75, 3.05) is 7.05 Å². The van der Waals surface area contributed by atoms with E-state index in [2.05, 4.69) is 10.2 Å². The molecular formula is C18H18F3N3O2. The summed E-state index contributed by atoms with van der Waals surface area (Å²) >= 11 is 0. The number of rotatable bonds is 5. The smallest absolute Gasteiger partial charge is 0.416 e. The third-order valence-corrected chi connectivity index (χ3v) is 3.88. The van der Waals surface area contributed by atoms with Gasteiger partial charge in [0.05, 0.1) is 17.7 Å². The highest BCUT2D eigenvalue weighted by Gasteiger charge is 2.29. The first-order chi connectivity index (χ1) is 12.2. The molecule has 0 aliphatic rings. The molecule has 138 valence electrons. The highest BCUT2D eigenvalue weighted by molar-refractivity contribution is 5.55. The standard InChI is InChI=1S/C18H18F3N3O2/c1-11-8-15(12(2)25-11)17-23-22-16(26-17)10-24(3)9-13-4-6-14(7-5-13)18(19,20)21/h4-8H,9-10H2,1-3H3. The van der Waals surface area contributed by atoms with Crippen LogP contribution in [0.4, 0.5) is 13.2 Å². The molecule has 0 bridgehead atoms. The van der Waals surface area contributed by atoms with E-state index in [1.54, 1.807) is 0 Å². The lowest BCUT2D eigenvalue weighted by molar-refractivity contribution is -0.137. The number of furan rings is 1. The maximum atomic E-state index is 12.6. The van der Waals surface area contributed by atoms with Crippen LogP contribution in [0.3, 0.4) is 0 Å². The van der Waals surface area contributed by atoms with Crippen LogP contribution < -0.4 is 0 Å². The Morgan fingerprint density at radius 2 is 1.69 bits per heavy atom. The first-order valence-electron chi connectivity index (χ1n) is 7.97. The molecule has 5 nitrogen and oxygen atoms in total. The lowest BCUT2D eigenvalue weighted by Gasteiger charge is -2.15. The fraction of sp³-hybridized carbons (Fsp3) is 0.333. The predicted octanol–water partition coefficient (Wildman–Crippen LogP) is 4.60. The maximum absolute atomic E-state index is 12.6. The molecule has 0 unspecified atom stereocenters. The van der Waals surface area contributed by atoms with Crippen molar-refractivity contribution in [3.63, 3.8) is 0 Å². The normalized spacial score (nSPS) is 12.1. The fourth-order valence-corrected chi connectivity index (χ4v) is 2.67. The Morgan fingerprint density at radius 3 is 2.27 bits per heavy atom. The summed E-state index contributed by atoms with van der Waals surface area (Å²) in [6, 6.07) is 6.93. The van der Waals surface area contributed by atoms with Gasteiger partial charge >= 0.3 is 6.18 Å². The van der Waals surface area contributed by atoms with Crippen LogP contribution in [0.1, 0.15) is 28.5 Å². The Kier molecular flexibility index (Phi) is 4.86. The zero-order valence-electron chi connectivity index (χ0n) is 14.6. The Morgan fingerprint density at radius 1 is 1.00 bits per heavy atom. The minimum absolute atomic E-state index is 0.379. The lowest BCUT2D eigenvalue weighted by atomic mass is 10.1. The molecule has 0 fully saturated rings. The van der Waals surface area contributed by atoms with Gasteiger partial charge in [0.1, 0.15) is 11.5 Å². The highest BCUT2D eigenvalue weighted by atomic mass is 19.4. The Labute approximate surface area is 148 Å². The topological polar surface area (TPSA) is 55.3 Å². The van der Waals surface area contributed by atoms with E-state index in [1.165, 1.54) is 12.1 Å². The summed E-state index contributed by atoms with van der Waals surface area (Å²) in [6.45, 7) is 4.50. The number of nitrogens with zero attached hydrogens (tertiary/aromatic N) is 3. The van der Waals surface area contributed by atoms with Gasteiger partial charge in [0.2, 0.25) is 5.89 Å². The molecule has 0 saturated heterocycles. The maximum Gasteiger partial charge on any atom is 0.416 e. The van der Waals surface area contributed by atoms with Crippen LogP contribution in [0.2, 0.25) is 0 Å². The van der Waals surface area contributed by atoms with Crippen molar-refractivity contribution in [1.29, 1.82) is 0 Å². The first kappa shape index (κ1) is 18.2. The van der Waals surface area contributed by atoms with E-state index in [0.29, 0.717) is 30.6 Å². The SMILES string of the molecule is Cc1cc(-c2nnc(CN(C)Cc3ccc(C(F)(F)F)cc3)o2)c(C)o1. The molecule has 2 aromatic heterocycles. The van der Waals surface area contributed by atoms with Crippen molar-refractivity contribution in [3.05, 3.63) is 58.9 Å². The Hall–Kier alpha value is -2.61. The summed E-state index contributed by atoms with van der Waals surface area (Å²) in [4.78, 5) is 1.88. The van der Waals surface area contributed by atoms with E-state index < -0.39 is 11.7 Å². The summed E-state index contributed by atoms with van der Waals surface area (Å²) in [5.41, 5.74) is 0.865. The molecule has 0 amide bonds. The Balaban J connectivity index is 1.63. The van der Waals surface area contributed by atoms with Crippen molar-refractivity contribution in [1.82, 2.24) is 15.1 Å². The van der Waals surface area contributed by atoms with Crippen LogP contribution in [0.5, 0.6) is 0 Å². The summed E-state index contributed by atoms with van der Waals surface area (Å²) < 4.78 is 48.9. The molecule has 3 aromatic rings. The molecule has 0 spiro atoms. The molecular weight excluding hydrogens is 347 g/mol. The minimum atomic E-state index is -4.33. The third-order valence-electron chi connectivity index (χ3n) is 3.88. The number of hydrogen-bond acceptors (Lipinski definition) is 5. The molecule has 3 rings (SSSR count). The van der Waals surface area contributed by atoms with E-state index in [0.717, 1.165) is 29.0 Å². The van der Waals surface area contributed by atoms with E-state index in [-0.39, 0.29) is 0 Å². The lowest BCUT2D eigenvalue weighted by Crippen LogP contribution is -2.17. The third kappa shape index (κ3) is 4.13. The molecule has 1 aromatic carbocycles. The largest absolute Gasteiger partial charge is 0.466 e. The average molecular weight is 365 g/mol. The average Bonchev–Trinajstić information content (AvgIpc) is 3.12. The van der Waals surface area contributed by atoms with Crippen molar-refractivity contribution in [2.24, 2.45) is 0 Å². The second kappa shape index (κ2) is 6.95. The molecule has 8 heteroatoms. The van der Waals surface area contributed by atoms with E-state index >= 15 is 0 Å². The second-order valence-electron chi connectivity index (χ2n) is 6.19. The summed E-state index contributed by atoms with van der Waals surface area (Å²) in [5.74, 6) is 2.28. The molecule has 0 atom stereocenters. The van der Waals surface area contributed by atoms with Gasteiger partial charge in [-0.05, 0) is 44.7 Å². The van der Waals surface area contributed by atoms with Gasteiger partial charge in [0, 0.05) is 6.54 Å². The molecule has 0 aliphatic carbocycles. The number of benzene rings is 1. The number of halogens is 3. The molecule has 0 saturated carbocycles. The monoisotopic (exact) mass is 365 g/mol. The molecule has 26 heavy (non-hydrogen) atoms. The van der Waals surface area contributed by atoms with Gasteiger partial charge in [-0.1, -0.05) is 12.1 Å². The summed E-state index contributed by atoms with van der Waals surface area (Å²) in [6.07, 6.45) is -4.33. The van der Waals surface area contributed by atoms with Gasteiger partial charge in [0.15, 0.2) is 0 Å². The van der Waals surface area contributed by atoms with Crippen molar-refractivity contribution in [3.8, 4) is 11.5 Å². The van der Waals surface area contributed by atoms with Gasteiger partial charge in [-0.15, -0.1) is 10.2 Å². The number of alkyl halides is 3. The molecule has 0 N–H and O–H groups in total. The highest BCUT2D eigenvalue weighted by Crippen LogP contribution is 2.29. The van der Waals surface area contributed by atoms with E-state index in [4.69, 9.17) is 8.83 Å². The van der Waals surface area contributed by atoms with Crippen molar-refractivity contribution in [2.45, 2.75) is 33.1 Å². The van der Waals surface area contributed by atoms with Crippen LogP contribution in [-0.2, 0) is 19.3 Å². The molecule has 2 heterocycles. The Bertz CT molecular complexity index is 882. The number of hydrogen-bond donors (Lipinski definition) is 0. The minimum Gasteiger partial charge on any atom is -0.466 e. The fourth-order valence-electron chi connectivity index (χ4n) is 2.67. The van der Waals surface area contributed by atoms with Crippen LogP contribution in [0.25, 0.3) is 11.5 Å². The molecule has 0 radical (unpaired) electrons. The van der Waals surface area contributed by atoms with Gasteiger partial charge in [-0.3, -0.25) is 4.90 Å². The van der Waals surface area contributed by atoms with Gasteiger partial charge in [-0.2, -0.15) is 13.2 Å². The van der Waals surface area contributed by atoms with Crippen LogP contribution in [-0.4, -0.2) is 22.1 Å². The van der Waals surface area contributed by atoms with Crippen molar-refractivity contribution < 1.29 is 22.0 Å². The second-order valence-corrected chi connectivity index (χ2v) is 6.19. The van der Waals surface area contributed by atoms with Crippen LogP contribution >= 0.6 is 0 Å². The predicted molar refractivity (Wildman–Crippen MR) is 88.1 cm³/mol. The van der Waals surface area contributed by atoms with Gasteiger partial charge < -0.3 is 8.83 Å².